The molecular formula is C15H21ClN2O2. The van der Waals surface area contributed by atoms with Gasteiger partial charge >= 0.3 is 0 Å². The lowest BCUT2D eigenvalue weighted by Gasteiger charge is -2.39. The van der Waals surface area contributed by atoms with E-state index >= 15 is 0 Å². The molecule has 1 aliphatic heterocycles. The summed E-state index contributed by atoms with van der Waals surface area (Å²) in [7, 11) is 0. The van der Waals surface area contributed by atoms with Gasteiger partial charge in [0.1, 0.15) is 6.61 Å². The first kappa shape index (κ1) is 15.3. The molecule has 1 heterocycles. The minimum atomic E-state index is -0.394. The molecule has 1 amide bonds. The maximum atomic E-state index is 11.5. The number of hydrogen-bond donors (Lipinski definition) is 1. The second-order valence-corrected chi connectivity index (χ2v) is 5.49. The van der Waals surface area contributed by atoms with E-state index in [1.54, 1.807) is 4.90 Å². The highest BCUT2D eigenvalue weighted by molar-refractivity contribution is 6.30. The zero-order valence-corrected chi connectivity index (χ0v) is 12.5. The van der Waals surface area contributed by atoms with Gasteiger partial charge in [0.05, 0.1) is 0 Å². The first-order valence-corrected chi connectivity index (χ1v) is 7.41. The van der Waals surface area contributed by atoms with Crippen molar-refractivity contribution < 1.29 is 9.90 Å². The average Bonchev–Trinajstić information content (AvgIpc) is 2.50. The standard InChI is InChI=1S/C15H21ClN2O2/c1-2-14(12-3-5-13(16)6-4-12)17-7-9-18(10-8-17)15(20)11-19/h3-6,14,19H,2,7-11H2,1H3. The SMILES string of the molecule is CCC(c1ccc(Cl)cc1)N1CCN(C(=O)CO)CC1. The molecule has 1 atom stereocenters. The first-order chi connectivity index (χ1) is 9.65. The van der Waals surface area contributed by atoms with Gasteiger partial charge in [0.15, 0.2) is 0 Å². The number of nitrogens with zero attached hydrogens (tertiary/aromatic N) is 2. The van der Waals surface area contributed by atoms with Crippen molar-refractivity contribution in [1.29, 1.82) is 0 Å². The maximum absolute atomic E-state index is 11.5. The Morgan fingerprint density at radius 1 is 1.25 bits per heavy atom. The fourth-order valence-electron chi connectivity index (χ4n) is 2.77. The molecule has 2 rings (SSSR count). The van der Waals surface area contributed by atoms with Crippen LogP contribution in [0.2, 0.25) is 5.02 Å². The minimum absolute atomic E-state index is 0.177. The zero-order valence-electron chi connectivity index (χ0n) is 11.8. The topological polar surface area (TPSA) is 43.8 Å². The van der Waals surface area contributed by atoms with Crippen LogP contribution in [-0.4, -0.2) is 53.6 Å². The molecule has 1 N–H and O–H groups in total. The third-order valence-corrected chi connectivity index (χ3v) is 4.14. The number of piperazine rings is 1. The van der Waals surface area contributed by atoms with Gasteiger partial charge < -0.3 is 10.0 Å². The van der Waals surface area contributed by atoms with Crippen LogP contribution in [0.4, 0.5) is 0 Å². The number of halogens is 1. The molecule has 110 valence electrons. The van der Waals surface area contributed by atoms with Gasteiger partial charge in [-0.1, -0.05) is 30.7 Å². The second-order valence-electron chi connectivity index (χ2n) is 5.05. The molecule has 0 aliphatic carbocycles. The summed E-state index contributed by atoms with van der Waals surface area (Å²) in [5, 5.41) is 9.65. The van der Waals surface area contributed by atoms with Crippen LogP contribution in [-0.2, 0) is 4.79 Å². The highest BCUT2D eigenvalue weighted by atomic mass is 35.5. The van der Waals surface area contributed by atoms with E-state index in [2.05, 4.69) is 24.0 Å². The zero-order chi connectivity index (χ0) is 14.5. The van der Waals surface area contributed by atoms with Crippen LogP contribution in [0.1, 0.15) is 24.9 Å². The normalized spacial score (nSPS) is 18.1. The average molecular weight is 297 g/mol. The monoisotopic (exact) mass is 296 g/mol. The Hall–Kier alpha value is -1.10. The van der Waals surface area contributed by atoms with Crippen LogP contribution in [0.5, 0.6) is 0 Å². The molecule has 4 nitrogen and oxygen atoms in total. The first-order valence-electron chi connectivity index (χ1n) is 7.04. The molecule has 0 radical (unpaired) electrons. The van der Waals surface area contributed by atoms with Crippen LogP contribution < -0.4 is 0 Å². The van der Waals surface area contributed by atoms with Crippen molar-refractivity contribution in [2.24, 2.45) is 0 Å². The number of aliphatic hydroxyl groups is 1. The fourth-order valence-corrected chi connectivity index (χ4v) is 2.90. The van der Waals surface area contributed by atoms with E-state index in [1.165, 1.54) is 5.56 Å². The lowest BCUT2D eigenvalue weighted by atomic mass is 10.0. The molecule has 0 aromatic heterocycles. The number of carbonyl (C=O) groups excluding carboxylic acids is 1. The van der Waals surface area contributed by atoms with Crippen molar-refractivity contribution >= 4 is 17.5 Å². The van der Waals surface area contributed by atoms with E-state index in [1.807, 2.05) is 12.1 Å². The highest BCUT2D eigenvalue weighted by Gasteiger charge is 2.25. The fraction of sp³-hybridized carbons (Fsp3) is 0.533. The van der Waals surface area contributed by atoms with Crippen LogP contribution in [0.25, 0.3) is 0 Å². The van der Waals surface area contributed by atoms with E-state index in [4.69, 9.17) is 16.7 Å². The largest absolute Gasteiger partial charge is 0.387 e. The summed E-state index contributed by atoms with van der Waals surface area (Å²) in [6, 6.07) is 8.35. The van der Waals surface area contributed by atoms with E-state index in [9.17, 15) is 4.79 Å². The molecule has 1 fully saturated rings. The van der Waals surface area contributed by atoms with E-state index in [0.29, 0.717) is 19.1 Å². The van der Waals surface area contributed by atoms with Crippen molar-refractivity contribution in [2.45, 2.75) is 19.4 Å². The molecule has 0 saturated carbocycles. The summed E-state index contributed by atoms with van der Waals surface area (Å²) in [6.45, 7) is 4.83. The predicted octanol–water partition coefficient (Wildman–Crippen LogP) is 1.93. The second kappa shape index (κ2) is 7.07. The Kier molecular flexibility index (Phi) is 5.40. The van der Waals surface area contributed by atoms with Crippen molar-refractivity contribution in [1.82, 2.24) is 9.80 Å². The molecule has 1 aromatic rings. The molecular weight excluding hydrogens is 276 g/mol. The summed E-state index contributed by atoms with van der Waals surface area (Å²) in [6.07, 6.45) is 1.02. The number of hydrogen-bond acceptors (Lipinski definition) is 3. The molecule has 20 heavy (non-hydrogen) atoms. The smallest absolute Gasteiger partial charge is 0.248 e. The third-order valence-electron chi connectivity index (χ3n) is 3.88. The number of carbonyl (C=O) groups is 1. The van der Waals surface area contributed by atoms with Crippen LogP contribution in [0, 0.1) is 0 Å². The summed E-state index contributed by atoms with van der Waals surface area (Å²) >= 11 is 5.93. The van der Waals surface area contributed by atoms with Gasteiger partial charge in [0.25, 0.3) is 0 Å². The van der Waals surface area contributed by atoms with Crippen LogP contribution in [0.15, 0.2) is 24.3 Å². The van der Waals surface area contributed by atoms with Gasteiger partial charge in [0, 0.05) is 37.2 Å². The molecule has 0 bridgehead atoms. The van der Waals surface area contributed by atoms with E-state index in [0.717, 1.165) is 24.5 Å². The molecule has 1 unspecified atom stereocenters. The van der Waals surface area contributed by atoms with Crippen molar-refractivity contribution in [3.05, 3.63) is 34.9 Å². The van der Waals surface area contributed by atoms with Crippen molar-refractivity contribution in [2.75, 3.05) is 32.8 Å². The molecule has 1 aromatic carbocycles. The van der Waals surface area contributed by atoms with Crippen LogP contribution in [0.3, 0.4) is 0 Å². The summed E-state index contributed by atoms with van der Waals surface area (Å²) in [5.74, 6) is -0.177. The highest BCUT2D eigenvalue weighted by Crippen LogP contribution is 2.26. The van der Waals surface area contributed by atoms with Gasteiger partial charge in [-0.25, -0.2) is 0 Å². The van der Waals surface area contributed by atoms with Crippen LogP contribution >= 0.6 is 11.6 Å². The number of benzene rings is 1. The summed E-state index contributed by atoms with van der Waals surface area (Å²) < 4.78 is 0. The Bertz CT molecular complexity index is 442. The molecule has 5 heteroatoms. The van der Waals surface area contributed by atoms with Crippen molar-refractivity contribution in [3.63, 3.8) is 0 Å². The van der Waals surface area contributed by atoms with Crippen molar-refractivity contribution in [3.8, 4) is 0 Å². The molecule has 1 saturated heterocycles. The van der Waals surface area contributed by atoms with Gasteiger partial charge in [-0.3, -0.25) is 9.69 Å². The molecule has 1 aliphatic rings. The Labute approximate surface area is 124 Å². The van der Waals surface area contributed by atoms with Gasteiger partial charge in [-0.2, -0.15) is 0 Å². The lowest BCUT2D eigenvalue weighted by Crippen LogP contribution is -2.50. The Morgan fingerprint density at radius 2 is 1.85 bits per heavy atom. The summed E-state index contributed by atoms with van der Waals surface area (Å²) in [4.78, 5) is 15.6. The lowest BCUT2D eigenvalue weighted by molar-refractivity contribution is -0.136. The number of rotatable bonds is 4. The van der Waals surface area contributed by atoms with E-state index < -0.39 is 6.61 Å². The molecule has 0 spiro atoms. The Morgan fingerprint density at radius 3 is 2.35 bits per heavy atom. The third kappa shape index (κ3) is 3.51. The van der Waals surface area contributed by atoms with Gasteiger partial charge in [-0.15, -0.1) is 0 Å². The quantitative estimate of drug-likeness (QED) is 0.923. The minimum Gasteiger partial charge on any atom is -0.387 e. The number of aliphatic hydroxyl groups excluding tert-OH is 1. The predicted molar refractivity (Wildman–Crippen MR) is 79.7 cm³/mol. The van der Waals surface area contributed by atoms with Gasteiger partial charge in [-0.05, 0) is 24.1 Å². The van der Waals surface area contributed by atoms with E-state index in [-0.39, 0.29) is 5.91 Å². The maximum Gasteiger partial charge on any atom is 0.248 e. The number of amides is 1. The summed E-state index contributed by atoms with van der Waals surface area (Å²) in [5.41, 5.74) is 1.26. The Balaban J connectivity index is 2.00. The van der Waals surface area contributed by atoms with Gasteiger partial charge in [0.2, 0.25) is 5.91 Å².